The molecule has 28 heavy (non-hydrogen) atoms. The molecule has 0 aliphatic carbocycles. The van der Waals surface area contributed by atoms with Gasteiger partial charge in [0.2, 0.25) is 0 Å². The standard InChI is InChI=1S/C18H17F5N2O.2ClH/c19-15-6-3-13(11-16(15)20)17(25-9-7-24-8-10-25)12-1-4-14(5-2-12)26-18(21,22)23;;/h1-6,11,17,24H,7-10H2;2*1H/t17-;;/m0../s1. The topological polar surface area (TPSA) is 24.5 Å². The summed E-state index contributed by atoms with van der Waals surface area (Å²) in [6.45, 7) is 2.81. The smallest absolute Gasteiger partial charge is 0.406 e. The van der Waals surface area contributed by atoms with Gasteiger partial charge in [0.25, 0.3) is 0 Å². The molecule has 1 fully saturated rings. The van der Waals surface area contributed by atoms with Gasteiger partial charge >= 0.3 is 6.36 Å². The van der Waals surface area contributed by atoms with E-state index in [1.807, 2.05) is 0 Å². The molecule has 1 N–H and O–H groups in total. The van der Waals surface area contributed by atoms with Crippen molar-refractivity contribution in [3.63, 3.8) is 0 Å². The van der Waals surface area contributed by atoms with Crippen molar-refractivity contribution in [2.75, 3.05) is 26.2 Å². The summed E-state index contributed by atoms with van der Waals surface area (Å²) in [6, 6.07) is 8.74. The van der Waals surface area contributed by atoms with Crippen LogP contribution in [0, 0.1) is 11.6 Å². The number of hydrogen-bond donors (Lipinski definition) is 1. The molecule has 156 valence electrons. The Labute approximate surface area is 171 Å². The van der Waals surface area contributed by atoms with Gasteiger partial charge in [-0.15, -0.1) is 38.0 Å². The van der Waals surface area contributed by atoms with Crippen LogP contribution in [0.3, 0.4) is 0 Å². The number of hydrogen-bond acceptors (Lipinski definition) is 3. The van der Waals surface area contributed by atoms with Crippen molar-refractivity contribution in [1.29, 1.82) is 0 Å². The van der Waals surface area contributed by atoms with Gasteiger partial charge in [-0.05, 0) is 35.4 Å². The molecular formula is C18H19Cl2F5N2O. The van der Waals surface area contributed by atoms with Gasteiger partial charge in [-0.3, -0.25) is 4.90 Å². The minimum Gasteiger partial charge on any atom is -0.406 e. The molecule has 0 amide bonds. The summed E-state index contributed by atoms with van der Waals surface area (Å²) in [5.74, 6) is -2.23. The van der Waals surface area contributed by atoms with E-state index < -0.39 is 24.0 Å². The predicted octanol–water partition coefficient (Wildman–Crippen LogP) is 4.70. The van der Waals surface area contributed by atoms with Crippen molar-refractivity contribution in [3.05, 3.63) is 65.2 Å². The van der Waals surface area contributed by atoms with Crippen molar-refractivity contribution in [1.82, 2.24) is 10.2 Å². The highest BCUT2D eigenvalue weighted by molar-refractivity contribution is 5.85. The van der Waals surface area contributed by atoms with Crippen LogP contribution in [0.1, 0.15) is 17.2 Å². The summed E-state index contributed by atoms with van der Waals surface area (Å²) in [5, 5.41) is 3.21. The lowest BCUT2D eigenvalue weighted by Gasteiger charge is -2.35. The predicted molar refractivity (Wildman–Crippen MR) is 100 cm³/mol. The Kier molecular flexibility index (Phi) is 8.94. The van der Waals surface area contributed by atoms with Crippen molar-refractivity contribution in [3.8, 4) is 5.75 Å². The second kappa shape index (κ2) is 10.2. The number of rotatable bonds is 4. The highest BCUT2D eigenvalue weighted by atomic mass is 35.5. The van der Waals surface area contributed by atoms with Crippen molar-refractivity contribution in [2.45, 2.75) is 12.4 Å². The maximum atomic E-state index is 13.7. The number of ether oxygens (including phenoxy) is 1. The van der Waals surface area contributed by atoms with E-state index >= 15 is 0 Å². The van der Waals surface area contributed by atoms with Crippen molar-refractivity contribution >= 4 is 24.8 Å². The number of halogens is 7. The number of nitrogens with one attached hydrogen (secondary N) is 1. The van der Waals surface area contributed by atoms with Gasteiger partial charge in [-0.25, -0.2) is 8.78 Å². The van der Waals surface area contributed by atoms with E-state index in [2.05, 4.69) is 15.0 Å². The highest BCUT2D eigenvalue weighted by Crippen LogP contribution is 2.32. The molecule has 0 spiro atoms. The molecule has 10 heteroatoms. The Morgan fingerprint density at radius 1 is 0.857 bits per heavy atom. The molecule has 0 bridgehead atoms. The zero-order chi connectivity index (χ0) is 18.7. The maximum Gasteiger partial charge on any atom is 0.573 e. The summed E-state index contributed by atoms with van der Waals surface area (Å²) < 4.78 is 67.9. The van der Waals surface area contributed by atoms with E-state index in [0.717, 1.165) is 25.2 Å². The van der Waals surface area contributed by atoms with Crippen LogP contribution in [0.2, 0.25) is 0 Å². The Balaban J connectivity index is 0.00000196. The zero-order valence-corrected chi connectivity index (χ0v) is 16.1. The Hall–Kier alpha value is -1.61. The fourth-order valence-corrected chi connectivity index (χ4v) is 3.09. The van der Waals surface area contributed by atoms with Crippen molar-refractivity contribution < 1.29 is 26.7 Å². The lowest BCUT2D eigenvalue weighted by molar-refractivity contribution is -0.274. The van der Waals surface area contributed by atoms with Gasteiger partial charge in [-0.1, -0.05) is 18.2 Å². The fraction of sp³-hybridized carbons (Fsp3) is 0.333. The fourth-order valence-electron chi connectivity index (χ4n) is 3.09. The first-order valence-electron chi connectivity index (χ1n) is 8.09. The molecular weight excluding hydrogens is 426 g/mol. The van der Waals surface area contributed by atoms with Crippen LogP contribution < -0.4 is 10.1 Å². The summed E-state index contributed by atoms with van der Waals surface area (Å²) >= 11 is 0. The molecule has 3 rings (SSSR count). The summed E-state index contributed by atoms with van der Waals surface area (Å²) in [6.07, 6.45) is -4.76. The third kappa shape index (κ3) is 6.20. The molecule has 1 atom stereocenters. The first-order chi connectivity index (χ1) is 12.3. The first kappa shape index (κ1) is 24.4. The number of nitrogens with zero attached hydrogens (tertiary/aromatic N) is 1. The van der Waals surface area contributed by atoms with Crippen LogP contribution in [0.25, 0.3) is 0 Å². The van der Waals surface area contributed by atoms with E-state index in [4.69, 9.17) is 0 Å². The molecule has 0 radical (unpaired) electrons. The average molecular weight is 445 g/mol. The van der Waals surface area contributed by atoms with Crippen LogP contribution in [0.5, 0.6) is 5.75 Å². The van der Waals surface area contributed by atoms with Gasteiger partial charge < -0.3 is 10.1 Å². The third-order valence-electron chi connectivity index (χ3n) is 4.21. The molecule has 1 saturated heterocycles. The second-order valence-electron chi connectivity index (χ2n) is 5.98. The number of alkyl halides is 3. The second-order valence-corrected chi connectivity index (χ2v) is 5.98. The molecule has 1 aliphatic rings. The molecule has 2 aromatic carbocycles. The van der Waals surface area contributed by atoms with Crippen LogP contribution in [0.15, 0.2) is 42.5 Å². The van der Waals surface area contributed by atoms with E-state index in [9.17, 15) is 22.0 Å². The molecule has 1 heterocycles. The Morgan fingerprint density at radius 2 is 1.43 bits per heavy atom. The van der Waals surface area contributed by atoms with E-state index in [1.165, 1.54) is 30.3 Å². The quantitative estimate of drug-likeness (QED) is 0.691. The van der Waals surface area contributed by atoms with Crippen LogP contribution >= 0.6 is 24.8 Å². The first-order valence-corrected chi connectivity index (χ1v) is 8.09. The summed E-state index contributed by atoms with van der Waals surface area (Å²) in [7, 11) is 0. The summed E-state index contributed by atoms with van der Waals surface area (Å²) in [5.41, 5.74) is 1.21. The van der Waals surface area contributed by atoms with Gasteiger partial charge in [0, 0.05) is 26.2 Å². The molecule has 3 nitrogen and oxygen atoms in total. The lowest BCUT2D eigenvalue weighted by atomic mass is 9.96. The molecule has 0 unspecified atom stereocenters. The van der Waals surface area contributed by atoms with Crippen LogP contribution in [-0.2, 0) is 0 Å². The van der Waals surface area contributed by atoms with Gasteiger partial charge in [0.15, 0.2) is 11.6 Å². The van der Waals surface area contributed by atoms with E-state index in [-0.39, 0.29) is 30.6 Å². The van der Waals surface area contributed by atoms with Crippen molar-refractivity contribution in [2.24, 2.45) is 0 Å². The summed E-state index contributed by atoms with van der Waals surface area (Å²) in [4.78, 5) is 2.07. The zero-order valence-electron chi connectivity index (χ0n) is 14.5. The monoisotopic (exact) mass is 444 g/mol. The number of piperazine rings is 1. The Morgan fingerprint density at radius 3 is 1.96 bits per heavy atom. The molecule has 0 saturated carbocycles. The van der Waals surface area contributed by atoms with Gasteiger partial charge in [0.1, 0.15) is 5.75 Å². The largest absolute Gasteiger partial charge is 0.573 e. The van der Waals surface area contributed by atoms with Gasteiger partial charge in [-0.2, -0.15) is 0 Å². The average Bonchev–Trinajstić information content (AvgIpc) is 2.59. The highest BCUT2D eigenvalue weighted by Gasteiger charge is 2.31. The van der Waals surface area contributed by atoms with E-state index in [1.54, 1.807) is 0 Å². The molecule has 0 aromatic heterocycles. The SMILES string of the molecule is Cl.Cl.Fc1ccc([C@H](c2ccc(OC(F)(F)F)cc2)N2CCNCC2)cc1F. The molecule has 2 aromatic rings. The number of benzene rings is 2. The van der Waals surface area contributed by atoms with Gasteiger partial charge in [0.05, 0.1) is 6.04 Å². The molecule has 1 aliphatic heterocycles. The third-order valence-corrected chi connectivity index (χ3v) is 4.21. The van der Waals surface area contributed by atoms with E-state index in [0.29, 0.717) is 24.2 Å². The van der Waals surface area contributed by atoms with Crippen LogP contribution in [0.4, 0.5) is 22.0 Å². The van der Waals surface area contributed by atoms with Crippen LogP contribution in [-0.4, -0.2) is 37.4 Å². The minimum atomic E-state index is -4.76. The maximum absolute atomic E-state index is 13.7. The Bertz CT molecular complexity index is 753. The minimum absolute atomic E-state index is 0. The lowest BCUT2D eigenvalue weighted by Crippen LogP contribution is -2.45. The normalized spacial score (nSPS) is 15.9.